The summed E-state index contributed by atoms with van der Waals surface area (Å²) in [5.74, 6) is 5.30. The van der Waals surface area contributed by atoms with Crippen LogP contribution in [0, 0.1) is 11.8 Å². The van der Waals surface area contributed by atoms with Crippen LogP contribution in [-0.2, 0) is 14.3 Å². The van der Waals surface area contributed by atoms with Gasteiger partial charge in [0.15, 0.2) is 0 Å². The van der Waals surface area contributed by atoms with E-state index in [4.69, 9.17) is 4.74 Å². The number of carbonyl (C=O) groups is 2. The van der Waals surface area contributed by atoms with Gasteiger partial charge in [0.05, 0.1) is 7.11 Å². The smallest absolute Gasteiger partial charge is 0.408 e. The number of alkyl carbamates (subject to hydrolysis) is 1. The number of unbranched alkanes of at least 4 members (excludes halogenated alkanes) is 1. The number of hydrogen-bond acceptors (Lipinski definition) is 4. The van der Waals surface area contributed by atoms with Gasteiger partial charge in [-0.3, -0.25) is 0 Å². The maximum atomic E-state index is 11.7. The zero-order chi connectivity index (χ0) is 16.3. The molecule has 0 aliphatic heterocycles. The molecule has 5 heteroatoms. The van der Waals surface area contributed by atoms with E-state index in [1.807, 2.05) is 0 Å². The molecule has 0 bridgehead atoms. The van der Waals surface area contributed by atoms with Crippen LogP contribution in [0.3, 0.4) is 0 Å². The average Bonchev–Trinajstić information content (AvgIpc) is 2.38. The SMILES string of the molecule is CCCC#C/C=C/C[C@H](NC(=O)OC(C)(C)C)C(=O)OC. The van der Waals surface area contributed by atoms with Gasteiger partial charge in [0, 0.05) is 6.42 Å². The van der Waals surface area contributed by atoms with Crippen LogP contribution >= 0.6 is 0 Å². The fraction of sp³-hybridized carbons (Fsp3) is 0.625. The van der Waals surface area contributed by atoms with E-state index in [0.29, 0.717) is 6.42 Å². The Bertz CT molecular complexity index is 424. The molecule has 1 amide bonds. The third kappa shape index (κ3) is 10.5. The number of allylic oxidation sites excluding steroid dienone is 1. The van der Waals surface area contributed by atoms with E-state index in [1.54, 1.807) is 32.9 Å². The van der Waals surface area contributed by atoms with Crippen molar-refractivity contribution in [1.82, 2.24) is 5.32 Å². The summed E-state index contributed by atoms with van der Waals surface area (Å²) in [5.41, 5.74) is -0.619. The van der Waals surface area contributed by atoms with Crippen molar-refractivity contribution in [2.75, 3.05) is 7.11 Å². The van der Waals surface area contributed by atoms with Gasteiger partial charge in [0.25, 0.3) is 0 Å². The van der Waals surface area contributed by atoms with Gasteiger partial charge in [0.1, 0.15) is 11.6 Å². The van der Waals surface area contributed by atoms with E-state index in [9.17, 15) is 9.59 Å². The molecule has 118 valence electrons. The van der Waals surface area contributed by atoms with Crippen molar-refractivity contribution in [3.63, 3.8) is 0 Å². The Morgan fingerprint density at radius 3 is 2.52 bits per heavy atom. The minimum absolute atomic E-state index is 0.298. The molecule has 0 spiro atoms. The summed E-state index contributed by atoms with van der Waals surface area (Å²) in [6.45, 7) is 7.31. The van der Waals surface area contributed by atoms with E-state index in [-0.39, 0.29) is 0 Å². The Labute approximate surface area is 127 Å². The van der Waals surface area contributed by atoms with Crippen LogP contribution in [0.15, 0.2) is 12.2 Å². The molecular formula is C16H25NO4. The fourth-order valence-corrected chi connectivity index (χ4v) is 1.33. The Balaban J connectivity index is 4.51. The Hall–Kier alpha value is -1.96. The number of nitrogens with one attached hydrogen (secondary N) is 1. The Morgan fingerprint density at radius 1 is 1.33 bits per heavy atom. The van der Waals surface area contributed by atoms with Gasteiger partial charge in [-0.1, -0.05) is 24.8 Å². The molecule has 0 aromatic heterocycles. The van der Waals surface area contributed by atoms with Crippen molar-refractivity contribution < 1.29 is 19.1 Å². The summed E-state index contributed by atoms with van der Waals surface area (Å²) < 4.78 is 9.77. The molecule has 0 rings (SSSR count). The van der Waals surface area contributed by atoms with Crippen LogP contribution in [0.5, 0.6) is 0 Å². The summed E-state index contributed by atoms with van der Waals surface area (Å²) >= 11 is 0. The van der Waals surface area contributed by atoms with Crippen molar-refractivity contribution in [2.45, 2.75) is 58.6 Å². The Morgan fingerprint density at radius 2 is 2.00 bits per heavy atom. The lowest BCUT2D eigenvalue weighted by Crippen LogP contribution is -2.43. The number of esters is 1. The van der Waals surface area contributed by atoms with Crippen LogP contribution in [0.4, 0.5) is 4.79 Å². The van der Waals surface area contributed by atoms with E-state index in [1.165, 1.54) is 7.11 Å². The lowest BCUT2D eigenvalue weighted by molar-refractivity contribution is -0.143. The molecule has 0 saturated carbocycles. The predicted molar refractivity (Wildman–Crippen MR) is 81.6 cm³/mol. The number of methoxy groups -OCH3 is 1. The molecule has 0 heterocycles. The highest BCUT2D eigenvalue weighted by atomic mass is 16.6. The van der Waals surface area contributed by atoms with Crippen molar-refractivity contribution in [1.29, 1.82) is 0 Å². The van der Waals surface area contributed by atoms with Gasteiger partial charge in [-0.05, 0) is 39.7 Å². The first-order chi connectivity index (χ1) is 9.80. The van der Waals surface area contributed by atoms with Crippen molar-refractivity contribution in [3.8, 4) is 11.8 Å². The van der Waals surface area contributed by atoms with E-state index < -0.39 is 23.7 Å². The van der Waals surface area contributed by atoms with Crippen LogP contribution < -0.4 is 5.32 Å². The molecule has 0 fully saturated rings. The fourth-order valence-electron chi connectivity index (χ4n) is 1.33. The monoisotopic (exact) mass is 295 g/mol. The first-order valence-corrected chi connectivity index (χ1v) is 7.01. The van der Waals surface area contributed by atoms with Crippen LogP contribution in [0.2, 0.25) is 0 Å². The number of carbonyl (C=O) groups excluding carboxylic acids is 2. The minimum Gasteiger partial charge on any atom is -0.467 e. The molecular weight excluding hydrogens is 270 g/mol. The molecule has 0 aromatic carbocycles. The lowest BCUT2D eigenvalue weighted by Gasteiger charge is -2.22. The highest BCUT2D eigenvalue weighted by Gasteiger charge is 2.23. The first-order valence-electron chi connectivity index (χ1n) is 7.01. The van der Waals surface area contributed by atoms with Gasteiger partial charge >= 0.3 is 12.1 Å². The summed E-state index contributed by atoms with van der Waals surface area (Å²) in [6, 6.07) is -0.783. The number of hydrogen-bond donors (Lipinski definition) is 1. The predicted octanol–water partition coefficient (Wildman–Crippen LogP) is 2.80. The number of amides is 1. The van der Waals surface area contributed by atoms with Crippen molar-refractivity contribution in [2.24, 2.45) is 0 Å². The Kier molecular flexibility index (Phi) is 8.95. The molecule has 0 aromatic rings. The molecule has 1 atom stereocenters. The maximum Gasteiger partial charge on any atom is 0.408 e. The summed E-state index contributed by atoms with van der Waals surface area (Å²) in [5, 5.41) is 2.49. The van der Waals surface area contributed by atoms with Gasteiger partial charge < -0.3 is 14.8 Å². The topological polar surface area (TPSA) is 64.6 Å². The highest BCUT2D eigenvalue weighted by Crippen LogP contribution is 2.07. The van der Waals surface area contributed by atoms with E-state index in [0.717, 1.165) is 12.8 Å². The normalized spacial score (nSPS) is 12.2. The van der Waals surface area contributed by atoms with Crippen molar-refractivity contribution >= 4 is 12.1 Å². The molecule has 0 radical (unpaired) electrons. The largest absolute Gasteiger partial charge is 0.467 e. The molecule has 0 saturated heterocycles. The summed E-state index contributed by atoms with van der Waals surface area (Å²) in [7, 11) is 1.27. The minimum atomic E-state index is -0.783. The second-order valence-corrected chi connectivity index (χ2v) is 5.43. The van der Waals surface area contributed by atoms with Gasteiger partial charge in [0.2, 0.25) is 0 Å². The van der Waals surface area contributed by atoms with Gasteiger partial charge in [-0.2, -0.15) is 0 Å². The lowest BCUT2D eigenvalue weighted by atomic mass is 10.2. The third-order valence-electron chi connectivity index (χ3n) is 2.23. The van der Waals surface area contributed by atoms with Gasteiger partial charge in [-0.15, -0.1) is 0 Å². The second kappa shape index (κ2) is 9.87. The standard InChI is InChI=1S/C16H25NO4/c1-6-7-8-9-10-11-12-13(14(18)20-5)17-15(19)21-16(2,3)4/h10-11,13H,6-7,12H2,1-5H3,(H,17,19)/b11-10+/t13-/m0/s1. The molecule has 5 nitrogen and oxygen atoms in total. The van der Waals surface area contributed by atoms with Crippen LogP contribution in [0.1, 0.15) is 47.0 Å². The molecule has 21 heavy (non-hydrogen) atoms. The van der Waals surface area contributed by atoms with E-state index in [2.05, 4.69) is 28.8 Å². The molecule has 0 aliphatic carbocycles. The van der Waals surface area contributed by atoms with Gasteiger partial charge in [-0.25, -0.2) is 9.59 Å². The van der Waals surface area contributed by atoms with E-state index >= 15 is 0 Å². The zero-order valence-electron chi connectivity index (χ0n) is 13.5. The third-order valence-corrected chi connectivity index (χ3v) is 2.23. The zero-order valence-corrected chi connectivity index (χ0v) is 13.5. The average molecular weight is 295 g/mol. The molecule has 1 N–H and O–H groups in total. The first kappa shape index (κ1) is 19.0. The number of ether oxygens (including phenoxy) is 2. The summed E-state index contributed by atoms with van der Waals surface area (Å²) in [4.78, 5) is 23.3. The quantitative estimate of drug-likeness (QED) is 0.625. The number of rotatable bonds is 5. The molecule has 0 aliphatic rings. The second-order valence-electron chi connectivity index (χ2n) is 5.43. The summed E-state index contributed by atoms with van der Waals surface area (Å²) in [6.07, 6.45) is 4.88. The highest BCUT2D eigenvalue weighted by molar-refractivity contribution is 5.81. The van der Waals surface area contributed by atoms with Crippen molar-refractivity contribution in [3.05, 3.63) is 12.2 Å². The van der Waals surface area contributed by atoms with Crippen LogP contribution in [-0.4, -0.2) is 30.8 Å². The maximum absolute atomic E-state index is 11.7. The molecule has 0 unspecified atom stereocenters. The van der Waals surface area contributed by atoms with Crippen LogP contribution in [0.25, 0.3) is 0 Å².